The second kappa shape index (κ2) is 10.0. The van der Waals surface area contributed by atoms with E-state index in [9.17, 15) is 9.59 Å². The van der Waals surface area contributed by atoms with Crippen LogP contribution in [0.25, 0.3) is 6.08 Å². The SMILES string of the molecule is C/C=C/c1ccc(OCC(=O)NCc2ccc(C(=O)OC)cc2)c(OC)c1. The second-order valence-electron chi connectivity index (χ2n) is 5.66. The normalized spacial score (nSPS) is 10.5. The predicted molar refractivity (Wildman–Crippen MR) is 103 cm³/mol. The van der Waals surface area contributed by atoms with Crippen molar-refractivity contribution in [2.45, 2.75) is 13.5 Å². The molecule has 0 fully saturated rings. The lowest BCUT2D eigenvalue weighted by Gasteiger charge is -2.11. The molecular weight excluding hydrogens is 346 g/mol. The largest absolute Gasteiger partial charge is 0.493 e. The summed E-state index contributed by atoms with van der Waals surface area (Å²) in [5, 5.41) is 2.77. The molecule has 0 heterocycles. The Kier molecular flexibility index (Phi) is 7.43. The minimum absolute atomic E-state index is 0.125. The molecule has 0 spiro atoms. The molecule has 2 aromatic carbocycles. The lowest BCUT2D eigenvalue weighted by atomic mass is 10.1. The van der Waals surface area contributed by atoms with Crippen molar-refractivity contribution >= 4 is 18.0 Å². The number of amides is 1. The zero-order chi connectivity index (χ0) is 19.6. The first kappa shape index (κ1) is 20.0. The van der Waals surface area contributed by atoms with Crippen LogP contribution in [0.1, 0.15) is 28.4 Å². The molecule has 0 aliphatic carbocycles. The van der Waals surface area contributed by atoms with Crippen molar-refractivity contribution in [3.05, 3.63) is 65.2 Å². The summed E-state index contributed by atoms with van der Waals surface area (Å²) in [6.45, 7) is 2.14. The van der Waals surface area contributed by atoms with Crippen molar-refractivity contribution in [3.8, 4) is 11.5 Å². The summed E-state index contributed by atoms with van der Waals surface area (Å²) in [5.74, 6) is 0.417. The Morgan fingerprint density at radius 3 is 2.41 bits per heavy atom. The standard InChI is InChI=1S/C21H23NO5/c1-4-5-15-8-11-18(19(12-15)25-2)27-14-20(23)22-13-16-6-9-17(10-7-16)21(24)26-3/h4-12H,13-14H2,1-3H3,(H,22,23)/b5-4+. The smallest absolute Gasteiger partial charge is 0.337 e. The summed E-state index contributed by atoms with van der Waals surface area (Å²) >= 11 is 0. The fourth-order valence-electron chi connectivity index (χ4n) is 2.37. The van der Waals surface area contributed by atoms with Crippen molar-refractivity contribution in [3.63, 3.8) is 0 Å². The van der Waals surface area contributed by atoms with E-state index < -0.39 is 5.97 Å². The zero-order valence-corrected chi connectivity index (χ0v) is 15.7. The van der Waals surface area contributed by atoms with E-state index in [1.807, 2.05) is 31.2 Å². The van der Waals surface area contributed by atoms with Gasteiger partial charge in [-0.1, -0.05) is 30.4 Å². The Labute approximate surface area is 158 Å². The maximum Gasteiger partial charge on any atom is 0.337 e. The molecule has 0 unspecified atom stereocenters. The Morgan fingerprint density at radius 2 is 1.78 bits per heavy atom. The number of esters is 1. The fourth-order valence-corrected chi connectivity index (χ4v) is 2.37. The van der Waals surface area contributed by atoms with Crippen LogP contribution in [0.4, 0.5) is 0 Å². The molecule has 2 aromatic rings. The van der Waals surface area contributed by atoms with Gasteiger partial charge >= 0.3 is 5.97 Å². The van der Waals surface area contributed by atoms with Gasteiger partial charge in [-0.15, -0.1) is 0 Å². The van der Waals surface area contributed by atoms with Gasteiger partial charge in [0.2, 0.25) is 0 Å². The Balaban J connectivity index is 1.86. The van der Waals surface area contributed by atoms with E-state index in [-0.39, 0.29) is 12.5 Å². The van der Waals surface area contributed by atoms with E-state index in [0.717, 1.165) is 11.1 Å². The van der Waals surface area contributed by atoms with Gasteiger partial charge in [0.05, 0.1) is 19.8 Å². The van der Waals surface area contributed by atoms with Gasteiger partial charge in [0, 0.05) is 6.54 Å². The third-order valence-corrected chi connectivity index (χ3v) is 3.77. The number of allylic oxidation sites excluding steroid dienone is 1. The number of hydrogen-bond acceptors (Lipinski definition) is 5. The number of ether oxygens (including phenoxy) is 3. The van der Waals surface area contributed by atoms with E-state index in [1.165, 1.54) is 7.11 Å². The van der Waals surface area contributed by atoms with Crippen molar-refractivity contribution in [1.29, 1.82) is 0 Å². The van der Waals surface area contributed by atoms with Gasteiger partial charge < -0.3 is 19.5 Å². The number of methoxy groups -OCH3 is 2. The molecule has 0 aliphatic rings. The Hall–Kier alpha value is -3.28. The molecule has 0 aliphatic heterocycles. The van der Waals surface area contributed by atoms with Gasteiger partial charge in [-0.3, -0.25) is 4.79 Å². The van der Waals surface area contributed by atoms with Gasteiger partial charge in [0.25, 0.3) is 5.91 Å². The zero-order valence-electron chi connectivity index (χ0n) is 15.7. The van der Waals surface area contributed by atoms with Crippen LogP contribution in [0, 0.1) is 0 Å². The minimum Gasteiger partial charge on any atom is -0.493 e. The Bertz CT molecular complexity index is 812. The highest BCUT2D eigenvalue weighted by atomic mass is 16.5. The maximum atomic E-state index is 12.0. The van der Waals surface area contributed by atoms with Crippen LogP contribution in [0.3, 0.4) is 0 Å². The van der Waals surface area contributed by atoms with Crippen molar-refractivity contribution < 1.29 is 23.8 Å². The van der Waals surface area contributed by atoms with Gasteiger partial charge in [-0.25, -0.2) is 4.79 Å². The van der Waals surface area contributed by atoms with E-state index >= 15 is 0 Å². The highest BCUT2D eigenvalue weighted by Gasteiger charge is 2.09. The molecule has 0 atom stereocenters. The molecular formula is C21H23NO5. The molecule has 0 aromatic heterocycles. The number of carbonyl (C=O) groups is 2. The van der Waals surface area contributed by atoms with E-state index in [4.69, 9.17) is 9.47 Å². The number of rotatable bonds is 8. The monoisotopic (exact) mass is 369 g/mol. The summed E-state index contributed by atoms with van der Waals surface area (Å²) in [6, 6.07) is 12.3. The van der Waals surface area contributed by atoms with Crippen LogP contribution in [0.5, 0.6) is 11.5 Å². The van der Waals surface area contributed by atoms with Crippen LogP contribution >= 0.6 is 0 Å². The molecule has 142 valence electrons. The molecule has 27 heavy (non-hydrogen) atoms. The molecule has 2 rings (SSSR count). The van der Waals surface area contributed by atoms with Gasteiger partial charge in [0.15, 0.2) is 18.1 Å². The van der Waals surface area contributed by atoms with Gasteiger partial charge in [-0.2, -0.15) is 0 Å². The van der Waals surface area contributed by atoms with E-state index in [2.05, 4.69) is 10.1 Å². The number of carbonyl (C=O) groups excluding carboxylic acids is 2. The molecule has 1 amide bonds. The quantitative estimate of drug-likeness (QED) is 0.724. The number of benzene rings is 2. The third-order valence-electron chi connectivity index (χ3n) is 3.77. The molecule has 6 heteroatoms. The average molecular weight is 369 g/mol. The predicted octanol–water partition coefficient (Wildman–Crippen LogP) is 3.21. The summed E-state index contributed by atoms with van der Waals surface area (Å²) in [6.07, 6.45) is 3.88. The first-order valence-corrected chi connectivity index (χ1v) is 8.45. The minimum atomic E-state index is -0.395. The first-order valence-electron chi connectivity index (χ1n) is 8.45. The molecule has 0 saturated heterocycles. The topological polar surface area (TPSA) is 73.9 Å². The third kappa shape index (κ3) is 5.88. The second-order valence-corrected chi connectivity index (χ2v) is 5.66. The summed E-state index contributed by atoms with van der Waals surface area (Å²) in [4.78, 5) is 23.4. The van der Waals surface area contributed by atoms with Crippen LogP contribution in [-0.4, -0.2) is 32.7 Å². The lowest BCUT2D eigenvalue weighted by Crippen LogP contribution is -2.28. The molecule has 0 radical (unpaired) electrons. The van der Waals surface area contributed by atoms with E-state index in [1.54, 1.807) is 37.4 Å². The first-order chi connectivity index (χ1) is 13.1. The van der Waals surface area contributed by atoms with Crippen molar-refractivity contribution in [1.82, 2.24) is 5.32 Å². The number of nitrogens with one attached hydrogen (secondary N) is 1. The van der Waals surface area contributed by atoms with Gasteiger partial charge in [-0.05, 0) is 42.3 Å². The lowest BCUT2D eigenvalue weighted by molar-refractivity contribution is -0.123. The van der Waals surface area contributed by atoms with Crippen LogP contribution in [-0.2, 0) is 16.1 Å². The maximum absolute atomic E-state index is 12.0. The average Bonchev–Trinajstić information content (AvgIpc) is 2.71. The summed E-state index contributed by atoms with van der Waals surface area (Å²) in [5.41, 5.74) is 2.32. The van der Waals surface area contributed by atoms with E-state index in [0.29, 0.717) is 23.6 Å². The molecule has 0 bridgehead atoms. The number of hydrogen-bond donors (Lipinski definition) is 1. The Morgan fingerprint density at radius 1 is 1.04 bits per heavy atom. The summed E-state index contributed by atoms with van der Waals surface area (Å²) < 4.78 is 15.5. The van der Waals surface area contributed by atoms with Crippen molar-refractivity contribution in [2.24, 2.45) is 0 Å². The van der Waals surface area contributed by atoms with Crippen LogP contribution in [0.15, 0.2) is 48.5 Å². The fraction of sp³-hybridized carbons (Fsp3) is 0.238. The molecule has 0 saturated carbocycles. The van der Waals surface area contributed by atoms with Gasteiger partial charge in [0.1, 0.15) is 0 Å². The highest BCUT2D eigenvalue weighted by molar-refractivity contribution is 5.89. The van der Waals surface area contributed by atoms with Crippen molar-refractivity contribution in [2.75, 3.05) is 20.8 Å². The van der Waals surface area contributed by atoms with Crippen LogP contribution < -0.4 is 14.8 Å². The molecule has 6 nitrogen and oxygen atoms in total. The van der Waals surface area contributed by atoms with Crippen LogP contribution in [0.2, 0.25) is 0 Å². The summed E-state index contributed by atoms with van der Waals surface area (Å²) in [7, 11) is 2.89. The highest BCUT2D eigenvalue weighted by Crippen LogP contribution is 2.28. The molecule has 1 N–H and O–H groups in total.